The van der Waals surface area contributed by atoms with Crippen LogP contribution in [0.5, 0.6) is 0 Å². The number of aliphatic imine (C=N–C) groups is 1. The molecule has 0 bridgehead atoms. The molecule has 0 radical (unpaired) electrons. The highest BCUT2D eigenvalue weighted by atomic mass is 16.5. The van der Waals surface area contributed by atoms with Crippen molar-refractivity contribution in [1.82, 2.24) is 10.2 Å². The summed E-state index contributed by atoms with van der Waals surface area (Å²) in [6.07, 6.45) is 1.74. The zero-order valence-corrected chi connectivity index (χ0v) is 9.16. The van der Waals surface area contributed by atoms with Crippen LogP contribution in [-0.2, 0) is 4.74 Å². The highest BCUT2D eigenvalue weighted by Crippen LogP contribution is 2.19. The Morgan fingerprint density at radius 2 is 2.29 bits per heavy atom. The molecule has 80 valence electrons. The normalized spacial score (nSPS) is 37.5. The molecule has 0 saturated carbocycles. The van der Waals surface area contributed by atoms with Crippen molar-refractivity contribution in [3.8, 4) is 0 Å². The SMILES string of the molecule is CC1CC(NC2=NCCN2C)C(C)O1. The molecule has 3 atom stereocenters. The van der Waals surface area contributed by atoms with E-state index in [1.165, 1.54) is 0 Å². The van der Waals surface area contributed by atoms with Gasteiger partial charge in [-0.1, -0.05) is 0 Å². The van der Waals surface area contributed by atoms with Gasteiger partial charge in [-0.25, -0.2) is 0 Å². The number of likely N-dealkylation sites (N-methyl/N-ethyl adjacent to an activating group) is 1. The smallest absolute Gasteiger partial charge is 0.194 e. The summed E-state index contributed by atoms with van der Waals surface area (Å²) in [5.74, 6) is 1.03. The zero-order chi connectivity index (χ0) is 10.1. The summed E-state index contributed by atoms with van der Waals surface area (Å²) in [6.45, 7) is 6.19. The molecule has 0 spiro atoms. The first-order valence-electron chi connectivity index (χ1n) is 5.34. The summed E-state index contributed by atoms with van der Waals surface area (Å²) in [5, 5.41) is 3.46. The Hall–Kier alpha value is -0.770. The molecule has 0 aromatic rings. The lowest BCUT2D eigenvalue weighted by atomic mass is 10.1. The molecule has 0 amide bonds. The van der Waals surface area contributed by atoms with E-state index in [2.05, 4.69) is 36.1 Å². The number of nitrogens with zero attached hydrogens (tertiary/aromatic N) is 2. The van der Waals surface area contributed by atoms with E-state index in [4.69, 9.17) is 4.74 Å². The summed E-state index contributed by atoms with van der Waals surface area (Å²) < 4.78 is 5.68. The van der Waals surface area contributed by atoms with Crippen molar-refractivity contribution in [3.05, 3.63) is 0 Å². The van der Waals surface area contributed by atoms with Crippen LogP contribution in [0.3, 0.4) is 0 Å². The number of nitrogens with one attached hydrogen (secondary N) is 1. The summed E-state index contributed by atoms with van der Waals surface area (Å²) in [4.78, 5) is 6.58. The number of hydrogen-bond donors (Lipinski definition) is 1. The van der Waals surface area contributed by atoms with Gasteiger partial charge in [-0.3, -0.25) is 4.99 Å². The van der Waals surface area contributed by atoms with Gasteiger partial charge < -0.3 is 15.0 Å². The quantitative estimate of drug-likeness (QED) is 0.663. The Morgan fingerprint density at radius 3 is 2.79 bits per heavy atom. The number of guanidine groups is 1. The fraction of sp³-hybridized carbons (Fsp3) is 0.900. The molecular formula is C10H19N3O. The second-order valence-corrected chi connectivity index (χ2v) is 4.27. The fourth-order valence-corrected chi connectivity index (χ4v) is 2.10. The van der Waals surface area contributed by atoms with Gasteiger partial charge in [-0.05, 0) is 20.3 Å². The monoisotopic (exact) mass is 197 g/mol. The average Bonchev–Trinajstić information content (AvgIpc) is 2.62. The fourth-order valence-electron chi connectivity index (χ4n) is 2.10. The number of hydrogen-bond acceptors (Lipinski definition) is 4. The average molecular weight is 197 g/mol. The minimum absolute atomic E-state index is 0.293. The van der Waals surface area contributed by atoms with Crippen LogP contribution in [0.4, 0.5) is 0 Å². The van der Waals surface area contributed by atoms with Crippen LogP contribution >= 0.6 is 0 Å². The highest BCUT2D eigenvalue weighted by Gasteiger charge is 2.31. The second-order valence-electron chi connectivity index (χ2n) is 4.27. The molecule has 0 aromatic carbocycles. The van der Waals surface area contributed by atoms with Crippen LogP contribution in [0, 0.1) is 0 Å². The molecule has 3 unspecified atom stereocenters. The van der Waals surface area contributed by atoms with Gasteiger partial charge in [0, 0.05) is 13.6 Å². The molecule has 4 heteroatoms. The van der Waals surface area contributed by atoms with E-state index >= 15 is 0 Å². The largest absolute Gasteiger partial charge is 0.373 e. The van der Waals surface area contributed by atoms with E-state index in [9.17, 15) is 0 Å². The van der Waals surface area contributed by atoms with E-state index in [1.807, 2.05) is 0 Å². The van der Waals surface area contributed by atoms with Crippen LogP contribution < -0.4 is 5.32 Å². The van der Waals surface area contributed by atoms with Crippen LogP contribution in [-0.4, -0.2) is 49.2 Å². The summed E-state index contributed by atoms with van der Waals surface area (Å²) in [6, 6.07) is 0.421. The van der Waals surface area contributed by atoms with Gasteiger partial charge >= 0.3 is 0 Å². The lowest BCUT2D eigenvalue weighted by Crippen LogP contribution is -2.44. The first-order chi connectivity index (χ1) is 6.66. The lowest BCUT2D eigenvalue weighted by Gasteiger charge is -2.21. The summed E-state index contributed by atoms with van der Waals surface area (Å²) in [7, 11) is 2.07. The van der Waals surface area contributed by atoms with Gasteiger partial charge in [0.05, 0.1) is 24.8 Å². The number of ether oxygens (including phenoxy) is 1. The molecule has 0 aromatic heterocycles. The summed E-state index contributed by atoms with van der Waals surface area (Å²) >= 11 is 0. The first kappa shape index (κ1) is 9.77. The Balaban J connectivity index is 1.91. The second kappa shape index (κ2) is 3.77. The van der Waals surface area contributed by atoms with Crippen LogP contribution in [0.25, 0.3) is 0 Å². The molecule has 2 heterocycles. The maximum atomic E-state index is 5.68. The Kier molecular flexibility index (Phi) is 2.63. The molecule has 1 fully saturated rings. The van der Waals surface area contributed by atoms with Crippen molar-refractivity contribution in [2.75, 3.05) is 20.1 Å². The van der Waals surface area contributed by atoms with Gasteiger partial charge in [-0.15, -0.1) is 0 Å². The maximum Gasteiger partial charge on any atom is 0.194 e. The molecule has 2 aliphatic rings. The number of rotatable bonds is 1. The summed E-state index contributed by atoms with van der Waals surface area (Å²) in [5.41, 5.74) is 0. The molecule has 0 aliphatic carbocycles. The molecular weight excluding hydrogens is 178 g/mol. The van der Waals surface area contributed by atoms with Crippen molar-refractivity contribution >= 4 is 5.96 Å². The van der Waals surface area contributed by atoms with E-state index < -0.39 is 0 Å². The van der Waals surface area contributed by atoms with Crippen molar-refractivity contribution in [2.24, 2.45) is 4.99 Å². The predicted molar refractivity (Wildman–Crippen MR) is 56.5 cm³/mol. The molecule has 14 heavy (non-hydrogen) atoms. The van der Waals surface area contributed by atoms with Gasteiger partial charge in [0.15, 0.2) is 5.96 Å². The van der Waals surface area contributed by atoms with Gasteiger partial charge in [0.2, 0.25) is 0 Å². The van der Waals surface area contributed by atoms with Crippen LogP contribution in [0.2, 0.25) is 0 Å². The van der Waals surface area contributed by atoms with Crippen molar-refractivity contribution in [2.45, 2.75) is 38.5 Å². The Labute approximate surface area is 85.3 Å². The third-order valence-corrected chi connectivity index (χ3v) is 2.97. The zero-order valence-electron chi connectivity index (χ0n) is 9.16. The third-order valence-electron chi connectivity index (χ3n) is 2.97. The van der Waals surface area contributed by atoms with Crippen molar-refractivity contribution in [1.29, 1.82) is 0 Å². The van der Waals surface area contributed by atoms with Gasteiger partial charge in [-0.2, -0.15) is 0 Å². The molecule has 1 N–H and O–H groups in total. The van der Waals surface area contributed by atoms with E-state index in [-0.39, 0.29) is 0 Å². The van der Waals surface area contributed by atoms with Crippen LogP contribution in [0.1, 0.15) is 20.3 Å². The van der Waals surface area contributed by atoms with Crippen LogP contribution in [0.15, 0.2) is 4.99 Å². The molecule has 1 saturated heterocycles. The molecule has 2 rings (SSSR count). The maximum absolute atomic E-state index is 5.68. The Morgan fingerprint density at radius 1 is 1.50 bits per heavy atom. The van der Waals surface area contributed by atoms with Crippen molar-refractivity contribution < 1.29 is 4.74 Å². The Bertz CT molecular complexity index is 242. The van der Waals surface area contributed by atoms with Gasteiger partial charge in [0.1, 0.15) is 0 Å². The van der Waals surface area contributed by atoms with E-state index in [0.29, 0.717) is 18.2 Å². The predicted octanol–water partition coefficient (Wildman–Crippen LogP) is 0.443. The highest BCUT2D eigenvalue weighted by molar-refractivity contribution is 5.81. The van der Waals surface area contributed by atoms with E-state index in [1.54, 1.807) is 0 Å². The topological polar surface area (TPSA) is 36.9 Å². The lowest BCUT2D eigenvalue weighted by molar-refractivity contribution is 0.0620. The third kappa shape index (κ3) is 1.85. The molecule has 4 nitrogen and oxygen atoms in total. The van der Waals surface area contributed by atoms with Crippen molar-refractivity contribution in [3.63, 3.8) is 0 Å². The minimum atomic E-state index is 0.293. The minimum Gasteiger partial charge on any atom is -0.373 e. The van der Waals surface area contributed by atoms with E-state index in [0.717, 1.165) is 25.5 Å². The van der Waals surface area contributed by atoms with Gasteiger partial charge in [0.25, 0.3) is 0 Å². The molecule has 2 aliphatic heterocycles. The first-order valence-corrected chi connectivity index (χ1v) is 5.34. The standard InChI is InChI=1S/C10H19N3O/c1-7-6-9(8(2)14-7)12-10-11-4-5-13(10)3/h7-9H,4-6H2,1-3H3,(H,11,12).